The van der Waals surface area contributed by atoms with E-state index in [1.165, 1.54) is 0 Å². The van der Waals surface area contributed by atoms with Crippen LogP contribution >= 0.6 is 0 Å². The lowest BCUT2D eigenvalue weighted by molar-refractivity contribution is 0.00182. The number of hydrogen-bond donors (Lipinski definition) is 0. The first-order valence-electron chi connectivity index (χ1n) is 11.9. The topological polar surface area (TPSA) is 76.1 Å². The maximum absolute atomic E-state index is 13.9. The molecule has 35 heavy (non-hydrogen) atoms. The number of rotatable bonds is 5. The molecule has 178 valence electrons. The fourth-order valence-corrected chi connectivity index (χ4v) is 5.19. The van der Waals surface area contributed by atoms with Crippen LogP contribution in [0.15, 0.2) is 80.6 Å². The van der Waals surface area contributed by atoms with E-state index in [4.69, 9.17) is 13.6 Å². The molecule has 0 aliphatic carbocycles. The SMILES string of the molecule is Cc1ccc([C@@H]2c3c(oc4ccccc4c3=O)C(=O)N2C[C@H](c2ccco2)N2CCOCC2)cc1. The highest BCUT2D eigenvalue weighted by Crippen LogP contribution is 2.40. The molecule has 2 aliphatic heterocycles. The normalized spacial score (nSPS) is 19.3. The largest absolute Gasteiger partial charge is 0.468 e. The molecule has 2 aromatic carbocycles. The second kappa shape index (κ2) is 8.83. The van der Waals surface area contributed by atoms with Gasteiger partial charge in [-0.2, -0.15) is 0 Å². The molecule has 4 heterocycles. The first kappa shape index (κ1) is 21.8. The van der Waals surface area contributed by atoms with Crippen LogP contribution in [-0.2, 0) is 4.74 Å². The van der Waals surface area contributed by atoms with E-state index < -0.39 is 6.04 Å². The number of fused-ring (bicyclic) bond motifs is 2. The monoisotopic (exact) mass is 470 g/mol. The molecule has 1 amide bonds. The number of morpholine rings is 1. The molecule has 0 radical (unpaired) electrons. The van der Waals surface area contributed by atoms with Crippen LogP contribution in [0.2, 0.25) is 0 Å². The van der Waals surface area contributed by atoms with Gasteiger partial charge in [0.15, 0.2) is 5.43 Å². The maximum atomic E-state index is 13.9. The Kier molecular flexibility index (Phi) is 5.51. The molecule has 2 atom stereocenters. The van der Waals surface area contributed by atoms with Gasteiger partial charge in [0.1, 0.15) is 11.3 Å². The van der Waals surface area contributed by atoms with Gasteiger partial charge in [-0.3, -0.25) is 14.5 Å². The van der Waals surface area contributed by atoms with Crippen molar-refractivity contribution in [3.63, 3.8) is 0 Å². The Morgan fingerprint density at radius 3 is 2.49 bits per heavy atom. The number of carbonyl (C=O) groups excluding carboxylic acids is 1. The highest BCUT2D eigenvalue weighted by atomic mass is 16.5. The van der Waals surface area contributed by atoms with Gasteiger partial charge in [0.05, 0.1) is 42.5 Å². The van der Waals surface area contributed by atoms with Crippen molar-refractivity contribution in [2.75, 3.05) is 32.8 Å². The molecule has 2 aromatic heterocycles. The molecular formula is C28H26N2O5. The summed E-state index contributed by atoms with van der Waals surface area (Å²) in [5.41, 5.74) is 2.65. The van der Waals surface area contributed by atoms with Crippen LogP contribution in [0.1, 0.15) is 45.1 Å². The van der Waals surface area contributed by atoms with Crippen molar-refractivity contribution in [2.45, 2.75) is 19.0 Å². The summed E-state index contributed by atoms with van der Waals surface area (Å²) in [6.45, 7) is 5.08. The van der Waals surface area contributed by atoms with E-state index >= 15 is 0 Å². The van der Waals surface area contributed by atoms with Gasteiger partial charge in [-0.15, -0.1) is 0 Å². The van der Waals surface area contributed by atoms with Crippen LogP contribution in [0.5, 0.6) is 0 Å². The Morgan fingerprint density at radius 2 is 1.74 bits per heavy atom. The third-order valence-electron chi connectivity index (χ3n) is 6.99. The first-order valence-corrected chi connectivity index (χ1v) is 11.9. The van der Waals surface area contributed by atoms with Crippen LogP contribution in [0, 0.1) is 6.92 Å². The van der Waals surface area contributed by atoms with Gasteiger partial charge < -0.3 is 18.5 Å². The minimum Gasteiger partial charge on any atom is -0.468 e. The Balaban J connectivity index is 1.49. The molecule has 0 saturated carbocycles. The van der Waals surface area contributed by atoms with Crippen LogP contribution in [0.4, 0.5) is 0 Å². The third-order valence-corrected chi connectivity index (χ3v) is 6.99. The van der Waals surface area contributed by atoms with Crippen LogP contribution in [0.3, 0.4) is 0 Å². The van der Waals surface area contributed by atoms with Crippen molar-refractivity contribution in [3.05, 3.63) is 105 Å². The second-order valence-electron chi connectivity index (χ2n) is 9.12. The van der Waals surface area contributed by atoms with Crippen molar-refractivity contribution in [2.24, 2.45) is 0 Å². The minimum absolute atomic E-state index is 0.124. The zero-order chi connectivity index (χ0) is 23.9. The molecule has 1 saturated heterocycles. The molecule has 2 aliphatic rings. The standard InChI is InChI=1S/C28H26N2O5/c1-18-8-10-19(11-9-18)25-24-26(31)20-5-2-3-6-22(20)35-27(24)28(32)30(25)17-21(23-7-4-14-34-23)29-12-15-33-16-13-29/h2-11,14,21,25H,12-13,15-17H2,1H3/t21-,25-/m1/s1. The van der Waals surface area contributed by atoms with Gasteiger partial charge in [-0.25, -0.2) is 0 Å². The van der Waals surface area contributed by atoms with Crippen molar-refractivity contribution in [1.82, 2.24) is 9.80 Å². The summed E-state index contributed by atoms with van der Waals surface area (Å²) in [6, 6.07) is 18.2. The Hall–Kier alpha value is -3.68. The summed E-state index contributed by atoms with van der Waals surface area (Å²) >= 11 is 0. The minimum atomic E-state index is -0.544. The molecule has 7 nitrogen and oxygen atoms in total. The summed E-state index contributed by atoms with van der Waals surface area (Å²) < 4.78 is 17.4. The summed E-state index contributed by atoms with van der Waals surface area (Å²) in [4.78, 5) is 31.6. The number of hydrogen-bond acceptors (Lipinski definition) is 6. The number of aryl methyl sites for hydroxylation is 1. The molecule has 6 rings (SSSR count). The third kappa shape index (κ3) is 3.77. The number of carbonyl (C=O) groups is 1. The highest BCUT2D eigenvalue weighted by Gasteiger charge is 2.44. The van der Waals surface area contributed by atoms with Crippen molar-refractivity contribution in [3.8, 4) is 0 Å². The Morgan fingerprint density at radius 1 is 0.971 bits per heavy atom. The van der Waals surface area contributed by atoms with E-state index in [0.29, 0.717) is 36.3 Å². The maximum Gasteiger partial charge on any atom is 0.290 e. The van der Waals surface area contributed by atoms with Gasteiger partial charge in [-0.05, 0) is 36.8 Å². The number of amides is 1. The second-order valence-corrected chi connectivity index (χ2v) is 9.12. The Labute approximate surface area is 202 Å². The fourth-order valence-electron chi connectivity index (χ4n) is 5.19. The average molecular weight is 471 g/mol. The molecule has 1 fully saturated rings. The highest BCUT2D eigenvalue weighted by molar-refractivity contribution is 5.99. The quantitative estimate of drug-likeness (QED) is 0.433. The zero-order valence-electron chi connectivity index (χ0n) is 19.5. The lowest BCUT2D eigenvalue weighted by Gasteiger charge is -2.37. The van der Waals surface area contributed by atoms with E-state index in [-0.39, 0.29) is 23.1 Å². The van der Waals surface area contributed by atoms with E-state index in [2.05, 4.69) is 4.90 Å². The van der Waals surface area contributed by atoms with Crippen molar-refractivity contribution in [1.29, 1.82) is 0 Å². The van der Waals surface area contributed by atoms with E-state index in [0.717, 1.165) is 30.0 Å². The molecule has 0 spiro atoms. The van der Waals surface area contributed by atoms with Gasteiger partial charge in [0, 0.05) is 19.6 Å². The number of para-hydroxylation sites is 1. The first-order chi connectivity index (χ1) is 17.1. The van der Waals surface area contributed by atoms with E-state index in [1.807, 2.05) is 49.4 Å². The fraction of sp³-hybridized carbons (Fsp3) is 0.286. The smallest absolute Gasteiger partial charge is 0.290 e. The average Bonchev–Trinajstić information content (AvgIpc) is 3.51. The Bertz CT molecular complexity index is 1420. The molecule has 4 aromatic rings. The van der Waals surface area contributed by atoms with Gasteiger partial charge in [-0.1, -0.05) is 42.0 Å². The number of benzene rings is 2. The van der Waals surface area contributed by atoms with Gasteiger partial charge >= 0.3 is 0 Å². The molecule has 0 N–H and O–H groups in total. The molecule has 0 bridgehead atoms. The van der Waals surface area contributed by atoms with Crippen LogP contribution in [-0.4, -0.2) is 48.6 Å². The molecule has 7 heteroatoms. The lowest BCUT2D eigenvalue weighted by Crippen LogP contribution is -2.44. The van der Waals surface area contributed by atoms with Crippen molar-refractivity contribution < 1.29 is 18.4 Å². The van der Waals surface area contributed by atoms with E-state index in [9.17, 15) is 9.59 Å². The number of nitrogens with zero attached hydrogens (tertiary/aromatic N) is 2. The summed E-state index contributed by atoms with van der Waals surface area (Å²) in [6.07, 6.45) is 1.65. The predicted molar refractivity (Wildman–Crippen MR) is 130 cm³/mol. The van der Waals surface area contributed by atoms with Crippen molar-refractivity contribution >= 4 is 16.9 Å². The molecular weight excluding hydrogens is 444 g/mol. The summed E-state index contributed by atoms with van der Waals surface area (Å²) in [5, 5.41) is 0.480. The van der Waals surface area contributed by atoms with Gasteiger partial charge in [0.2, 0.25) is 5.76 Å². The zero-order valence-corrected chi connectivity index (χ0v) is 19.5. The number of furan rings is 1. The number of ether oxygens (including phenoxy) is 1. The summed E-state index contributed by atoms with van der Waals surface area (Å²) in [5.74, 6) is 0.625. The van der Waals surface area contributed by atoms with Crippen LogP contribution in [0.25, 0.3) is 11.0 Å². The van der Waals surface area contributed by atoms with Crippen LogP contribution < -0.4 is 5.43 Å². The van der Waals surface area contributed by atoms with Gasteiger partial charge in [0.25, 0.3) is 5.91 Å². The predicted octanol–water partition coefficient (Wildman–Crippen LogP) is 4.31. The van der Waals surface area contributed by atoms with E-state index in [1.54, 1.807) is 29.4 Å². The molecule has 0 unspecified atom stereocenters. The summed E-state index contributed by atoms with van der Waals surface area (Å²) in [7, 11) is 0. The lowest BCUT2D eigenvalue weighted by atomic mass is 9.97.